The molecule has 27 heavy (non-hydrogen) atoms. The largest absolute Gasteiger partial charge is 0.448 e. The Kier molecular flexibility index (Phi) is 4.33. The normalized spacial score (nSPS) is 12.1. The maximum absolute atomic E-state index is 13.0. The van der Waals surface area contributed by atoms with Crippen molar-refractivity contribution in [2.45, 2.75) is 13.0 Å². The number of fused-ring (bicyclic) bond motifs is 1. The molecule has 0 aliphatic rings. The minimum absolute atomic E-state index is 0.142. The summed E-state index contributed by atoms with van der Waals surface area (Å²) in [4.78, 5) is 16.7. The van der Waals surface area contributed by atoms with Crippen LogP contribution in [0.15, 0.2) is 65.1 Å². The third-order valence-electron chi connectivity index (χ3n) is 3.97. The van der Waals surface area contributed by atoms with Crippen LogP contribution in [0.3, 0.4) is 0 Å². The number of rotatable bonds is 4. The molecule has 2 aromatic heterocycles. The molecule has 0 aliphatic heterocycles. The molecule has 4 rings (SSSR count). The second-order valence-corrected chi connectivity index (χ2v) is 5.89. The van der Waals surface area contributed by atoms with Gasteiger partial charge < -0.3 is 9.15 Å². The zero-order chi connectivity index (χ0) is 18.8. The van der Waals surface area contributed by atoms with E-state index in [1.165, 1.54) is 24.3 Å². The van der Waals surface area contributed by atoms with Gasteiger partial charge in [-0.1, -0.05) is 24.3 Å². The summed E-state index contributed by atoms with van der Waals surface area (Å²) in [6.07, 6.45) is -0.757. The van der Waals surface area contributed by atoms with Crippen molar-refractivity contribution in [2.24, 2.45) is 0 Å². The van der Waals surface area contributed by atoms with Crippen LogP contribution in [-0.4, -0.2) is 21.2 Å². The van der Waals surface area contributed by atoms with Crippen LogP contribution in [0.25, 0.3) is 22.4 Å². The zero-order valence-electron chi connectivity index (χ0n) is 14.3. The molecule has 0 bridgehead atoms. The molecule has 1 atom stereocenters. The molecule has 0 unspecified atom stereocenters. The van der Waals surface area contributed by atoms with Crippen molar-refractivity contribution in [3.63, 3.8) is 0 Å². The van der Waals surface area contributed by atoms with Gasteiger partial charge in [0.25, 0.3) is 5.89 Å². The van der Waals surface area contributed by atoms with Crippen LogP contribution in [-0.2, 0) is 4.74 Å². The lowest BCUT2D eigenvalue weighted by Gasteiger charge is -2.09. The second kappa shape index (κ2) is 6.95. The first kappa shape index (κ1) is 16.8. The van der Waals surface area contributed by atoms with Crippen molar-refractivity contribution < 1.29 is 18.3 Å². The Hall–Kier alpha value is -3.61. The number of nitrogens with zero attached hydrogens (tertiary/aromatic N) is 3. The number of carbonyl (C=O) groups excluding carboxylic acids is 1. The Morgan fingerprint density at radius 1 is 1.04 bits per heavy atom. The first-order valence-corrected chi connectivity index (χ1v) is 8.26. The van der Waals surface area contributed by atoms with Crippen molar-refractivity contribution in [1.82, 2.24) is 15.2 Å². The highest BCUT2D eigenvalue weighted by molar-refractivity contribution is 5.91. The van der Waals surface area contributed by atoms with E-state index in [0.717, 1.165) is 5.39 Å². The van der Waals surface area contributed by atoms with Gasteiger partial charge in [0.1, 0.15) is 11.5 Å². The highest BCUT2D eigenvalue weighted by atomic mass is 19.1. The van der Waals surface area contributed by atoms with Crippen LogP contribution in [0.4, 0.5) is 4.39 Å². The number of hydrogen-bond donors (Lipinski definition) is 0. The van der Waals surface area contributed by atoms with E-state index in [0.29, 0.717) is 11.1 Å². The van der Waals surface area contributed by atoms with E-state index < -0.39 is 12.1 Å². The van der Waals surface area contributed by atoms with Crippen LogP contribution in [0.2, 0.25) is 0 Å². The smallest absolute Gasteiger partial charge is 0.357 e. The Labute approximate surface area is 153 Å². The Morgan fingerprint density at radius 3 is 2.63 bits per heavy atom. The number of aromatic nitrogens is 3. The maximum Gasteiger partial charge on any atom is 0.357 e. The molecule has 6 nitrogen and oxygen atoms in total. The van der Waals surface area contributed by atoms with E-state index in [9.17, 15) is 9.18 Å². The van der Waals surface area contributed by atoms with Crippen LogP contribution in [0, 0.1) is 5.82 Å². The topological polar surface area (TPSA) is 78.1 Å². The van der Waals surface area contributed by atoms with Gasteiger partial charge in [-0.15, -0.1) is 10.2 Å². The molecule has 0 fully saturated rings. The van der Waals surface area contributed by atoms with Gasteiger partial charge in [0.2, 0.25) is 5.89 Å². The fourth-order valence-electron chi connectivity index (χ4n) is 2.56. The Balaban J connectivity index is 1.50. The minimum Gasteiger partial charge on any atom is -0.448 e. The van der Waals surface area contributed by atoms with Gasteiger partial charge in [0.05, 0.1) is 5.52 Å². The van der Waals surface area contributed by atoms with Gasteiger partial charge in [-0.25, -0.2) is 14.2 Å². The second-order valence-electron chi connectivity index (χ2n) is 5.89. The number of esters is 1. The SMILES string of the molecule is C[C@H](OC(=O)c1ccc2ccccc2n1)c1nnc(-c2ccc(F)cc2)o1. The number of para-hydroxylation sites is 1. The molecule has 0 radical (unpaired) electrons. The summed E-state index contributed by atoms with van der Waals surface area (Å²) in [5, 5.41) is 8.75. The van der Waals surface area contributed by atoms with Gasteiger partial charge in [-0.3, -0.25) is 0 Å². The fraction of sp³-hybridized carbons (Fsp3) is 0.100. The fourth-order valence-corrected chi connectivity index (χ4v) is 2.56. The predicted molar refractivity (Wildman–Crippen MR) is 95.3 cm³/mol. The van der Waals surface area contributed by atoms with Crippen molar-refractivity contribution in [3.05, 3.63) is 78.1 Å². The average Bonchev–Trinajstić information content (AvgIpc) is 3.18. The molecule has 0 spiro atoms. The molecule has 7 heteroatoms. The lowest BCUT2D eigenvalue weighted by Crippen LogP contribution is -2.11. The van der Waals surface area contributed by atoms with Crippen LogP contribution in [0.1, 0.15) is 29.4 Å². The summed E-state index contributed by atoms with van der Waals surface area (Å²) in [7, 11) is 0. The van der Waals surface area contributed by atoms with E-state index in [-0.39, 0.29) is 23.3 Å². The summed E-state index contributed by atoms with van der Waals surface area (Å²) in [5.74, 6) is -0.585. The third-order valence-corrected chi connectivity index (χ3v) is 3.97. The number of carbonyl (C=O) groups is 1. The lowest BCUT2D eigenvalue weighted by atomic mass is 10.2. The van der Waals surface area contributed by atoms with Gasteiger partial charge in [-0.05, 0) is 43.3 Å². The number of halogens is 1. The molecular weight excluding hydrogens is 349 g/mol. The van der Waals surface area contributed by atoms with Gasteiger partial charge in [0, 0.05) is 10.9 Å². The highest BCUT2D eigenvalue weighted by Crippen LogP contribution is 2.23. The summed E-state index contributed by atoms with van der Waals surface area (Å²) in [5.41, 5.74) is 1.47. The molecule has 0 N–H and O–H groups in total. The van der Waals surface area contributed by atoms with Gasteiger partial charge >= 0.3 is 5.97 Å². The van der Waals surface area contributed by atoms with E-state index in [2.05, 4.69) is 15.2 Å². The monoisotopic (exact) mass is 363 g/mol. The molecule has 0 saturated carbocycles. The van der Waals surface area contributed by atoms with Crippen molar-refractivity contribution in [1.29, 1.82) is 0 Å². The molecule has 0 saturated heterocycles. The number of hydrogen-bond acceptors (Lipinski definition) is 6. The number of benzene rings is 2. The molecule has 134 valence electrons. The molecule has 0 aliphatic carbocycles. The third kappa shape index (κ3) is 3.52. The minimum atomic E-state index is -0.757. The lowest BCUT2D eigenvalue weighted by molar-refractivity contribution is 0.0273. The van der Waals surface area contributed by atoms with E-state index in [4.69, 9.17) is 9.15 Å². The zero-order valence-corrected chi connectivity index (χ0v) is 14.3. The summed E-state index contributed by atoms with van der Waals surface area (Å²) >= 11 is 0. The average molecular weight is 363 g/mol. The predicted octanol–water partition coefficient (Wildman–Crippen LogP) is 4.34. The molecule has 2 aromatic carbocycles. The first-order chi connectivity index (χ1) is 13.1. The van der Waals surface area contributed by atoms with Crippen molar-refractivity contribution in [2.75, 3.05) is 0 Å². The maximum atomic E-state index is 13.0. The number of pyridine rings is 1. The summed E-state index contributed by atoms with van der Waals surface area (Å²) in [6, 6.07) is 16.6. The van der Waals surface area contributed by atoms with Crippen LogP contribution < -0.4 is 0 Å². The molecular formula is C20H14FN3O3. The number of ether oxygens (including phenoxy) is 1. The summed E-state index contributed by atoms with van der Waals surface area (Å²) in [6.45, 7) is 1.63. The highest BCUT2D eigenvalue weighted by Gasteiger charge is 2.21. The molecule has 4 aromatic rings. The van der Waals surface area contributed by atoms with Gasteiger partial charge in [-0.2, -0.15) is 0 Å². The van der Waals surface area contributed by atoms with Crippen molar-refractivity contribution in [3.8, 4) is 11.5 Å². The van der Waals surface area contributed by atoms with Gasteiger partial charge in [0.15, 0.2) is 6.10 Å². The Bertz CT molecular complexity index is 1110. The van der Waals surface area contributed by atoms with Crippen LogP contribution in [0.5, 0.6) is 0 Å². The van der Waals surface area contributed by atoms with Crippen LogP contribution >= 0.6 is 0 Å². The molecule has 0 amide bonds. The van der Waals surface area contributed by atoms with Crippen molar-refractivity contribution >= 4 is 16.9 Å². The standard InChI is InChI=1S/C20H14FN3O3/c1-12(18-23-24-19(27-18)14-6-9-15(21)10-7-14)26-20(25)17-11-8-13-4-2-3-5-16(13)22-17/h2-12H,1H3/t12-/m0/s1. The quantitative estimate of drug-likeness (QED) is 0.502. The van der Waals surface area contributed by atoms with E-state index in [1.807, 2.05) is 30.3 Å². The Morgan fingerprint density at radius 2 is 1.81 bits per heavy atom. The summed E-state index contributed by atoms with van der Waals surface area (Å²) < 4.78 is 23.9. The van der Waals surface area contributed by atoms with E-state index in [1.54, 1.807) is 13.0 Å². The molecule has 2 heterocycles. The van der Waals surface area contributed by atoms with E-state index >= 15 is 0 Å². The first-order valence-electron chi connectivity index (χ1n) is 8.26.